The van der Waals surface area contributed by atoms with E-state index in [1.807, 2.05) is 0 Å². The molecule has 5 heteroatoms. The molecular formula is C7H12ClO3P. The Morgan fingerprint density at radius 2 is 1.83 bits per heavy atom. The molecule has 0 N–H and O–H groups in total. The molecule has 0 saturated heterocycles. The van der Waals surface area contributed by atoms with Crippen LogP contribution in [0.5, 0.6) is 0 Å². The maximum absolute atomic E-state index is 11.1. The quantitative estimate of drug-likeness (QED) is 0.525. The smallest absolute Gasteiger partial charge is 0.311 e. The highest BCUT2D eigenvalue weighted by Crippen LogP contribution is 2.19. The summed E-state index contributed by atoms with van der Waals surface area (Å²) in [5, 5.41) is -0.501. The lowest BCUT2D eigenvalue weighted by atomic mass is 9.98. The van der Waals surface area contributed by atoms with Crippen LogP contribution in [-0.4, -0.2) is 17.9 Å². The van der Waals surface area contributed by atoms with E-state index in [1.165, 1.54) is 0 Å². The van der Waals surface area contributed by atoms with Crippen LogP contribution in [0.4, 0.5) is 0 Å². The van der Waals surface area contributed by atoms with Gasteiger partial charge in [-0.05, 0) is 18.3 Å². The van der Waals surface area contributed by atoms with Crippen molar-refractivity contribution in [3.8, 4) is 0 Å². The highest BCUT2D eigenvalue weighted by molar-refractivity contribution is 7.31. The average molecular weight is 211 g/mol. The Kier molecular flexibility index (Phi) is 5.43. The summed E-state index contributed by atoms with van der Waals surface area (Å²) in [5.74, 6) is -1.30. The van der Waals surface area contributed by atoms with Crippen LogP contribution in [0.1, 0.15) is 13.8 Å². The van der Waals surface area contributed by atoms with Crippen LogP contribution >= 0.6 is 20.4 Å². The first-order valence-corrected chi connectivity index (χ1v) is 5.36. The van der Waals surface area contributed by atoms with Crippen molar-refractivity contribution in [3.63, 3.8) is 0 Å². The Balaban J connectivity index is 4.09. The molecule has 0 aliphatic carbocycles. The maximum atomic E-state index is 11.1. The van der Waals surface area contributed by atoms with Crippen molar-refractivity contribution in [3.05, 3.63) is 0 Å². The largest absolute Gasteiger partial charge is 0.448 e. The van der Waals surface area contributed by atoms with Crippen molar-refractivity contribution in [2.24, 2.45) is 11.8 Å². The molecule has 3 nitrogen and oxygen atoms in total. The highest BCUT2D eigenvalue weighted by atomic mass is 35.5. The number of carbonyl (C=O) groups excluding carboxylic acids is 2. The van der Waals surface area contributed by atoms with E-state index in [0.29, 0.717) is 0 Å². The number of rotatable bonds is 4. The number of hydrogen-bond acceptors (Lipinski definition) is 3. The van der Waals surface area contributed by atoms with Gasteiger partial charge in [-0.1, -0.05) is 13.8 Å². The predicted molar refractivity (Wildman–Crippen MR) is 49.5 cm³/mol. The van der Waals surface area contributed by atoms with E-state index < -0.39 is 17.1 Å². The van der Waals surface area contributed by atoms with Crippen molar-refractivity contribution in [1.29, 1.82) is 0 Å². The summed E-state index contributed by atoms with van der Waals surface area (Å²) in [4.78, 5) is 21.7. The van der Waals surface area contributed by atoms with Crippen LogP contribution in [0.25, 0.3) is 0 Å². The zero-order valence-corrected chi connectivity index (χ0v) is 9.01. The predicted octanol–water partition coefficient (Wildman–Crippen LogP) is 1.79. The average Bonchev–Trinajstić information content (AvgIpc) is 2.02. The Morgan fingerprint density at radius 3 is 2.17 bits per heavy atom. The first kappa shape index (κ1) is 11.9. The maximum Gasteiger partial charge on any atom is 0.311 e. The molecule has 0 aromatic carbocycles. The van der Waals surface area contributed by atoms with Gasteiger partial charge in [-0.3, -0.25) is 9.59 Å². The van der Waals surface area contributed by atoms with Crippen LogP contribution < -0.4 is 0 Å². The number of hydrogen-bond donors (Lipinski definition) is 0. The summed E-state index contributed by atoms with van der Waals surface area (Å²) in [6.45, 7) is 4.99. The fraction of sp³-hybridized carbons (Fsp3) is 0.714. The van der Waals surface area contributed by atoms with E-state index in [0.717, 1.165) is 0 Å². The van der Waals surface area contributed by atoms with E-state index in [4.69, 9.17) is 16.1 Å². The van der Waals surface area contributed by atoms with Gasteiger partial charge in [-0.2, -0.15) is 0 Å². The molecule has 3 atom stereocenters. The fourth-order valence-electron chi connectivity index (χ4n) is 0.594. The van der Waals surface area contributed by atoms with E-state index in [-0.39, 0.29) is 14.8 Å². The van der Waals surface area contributed by atoms with Crippen molar-refractivity contribution < 1.29 is 14.1 Å². The molecular weight excluding hydrogens is 199 g/mol. The molecule has 0 aliphatic heterocycles. The second-order valence-electron chi connectivity index (χ2n) is 2.51. The Labute approximate surface area is 78.7 Å². The summed E-state index contributed by atoms with van der Waals surface area (Å²) in [6, 6.07) is 0. The lowest BCUT2D eigenvalue weighted by Gasteiger charge is -2.13. The van der Waals surface area contributed by atoms with Crippen molar-refractivity contribution >= 4 is 31.6 Å². The van der Waals surface area contributed by atoms with Gasteiger partial charge in [0.05, 0.1) is 14.7 Å². The molecule has 0 fully saturated rings. The van der Waals surface area contributed by atoms with Crippen LogP contribution in [0.15, 0.2) is 0 Å². The van der Waals surface area contributed by atoms with Gasteiger partial charge in [-0.25, -0.2) is 0 Å². The minimum absolute atomic E-state index is 0.113. The highest BCUT2D eigenvalue weighted by Gasteiger charge is 2.25. The minimum atomic E-state index is -0.501. The van der Waals surface area contributed by atoms with Crippen molar-refractivity contribution in [1.82, 2.24) is 0 Å². The Hall–Kier alpha value is -0.140. The molecule has 0 rings (SSSR count). The summed E-state index contributed by atoms with van der Waals surface area (Å²) in [6.07, 6.45) is 0. The molecule has 0 radical (unpaired) electrons. The second-order valence-corrected chi connectivity index (χ2v) is 3.49. The third-order valence-corrected chi connectivity index (χ3v) is 2.43. The monoisotopic (exact) mass is 210 g/mol. The SMILES string of the molecule is CPOC(=O)C(C)C(C)C(=O)Cl. The van der Waals surface area contributed by atoms with Gasteiger partial charge in [0.1, 0.15) is 0 Å². The van der Waals surface area contributed by atoms with Gasteiger partial charge in [0.25, 0.3) is 0 Å². The molecule has 12 heavy (non-hydrogen) atoms. The molecule has 0 aromatic heterocycles. The molecule has 3 unspecified atom stereocenters. The van der Waals surface area contributed by atoms with Crippen LogP contribution in [-0.2, 0) is 14.1 Å². The summed E-state index contributed by atoms with van der Waals surface area (Å²) in [5.41, 5.74) is 0. The van der Waals surface area contributed by atoms with E-state index in [9.17, 15) is 9.59 Å². The molecule has 0 spiro atoms. The first-order chi connectivity index (χ1) is 5.50. The molecule has 0 aromatic rings. The second kappa shape index (κ2) is 5.50. The Bertz CT molecular complexity index is 183. The van der Waals surface area contributed by atoms with Gasteiger partial charge in [0.15, 0.2) is 0 Å². The number of carbonyl (C=O) groups is 2. The van der Waals surface area contributed by atoms with E-state index in [1.54, 1.807) is 20.5 Å². The molecule has 70 valence electrons. The van der Waals surface area contributed by atoms with Gasteiger partial charge in [0, 0.05) is 5.92 Å². The van der Waals surface area contributed by atoms with Crippen molar-refractivity contribution in [2.45, 2.75) is 13.8 Å². The summed E-state index contributed by atoms with van der Waals surface area (Å²) >= 11 is 5.22. The zero-order valence-electron chi connectivity index (χ0n) is 7.26. The molecule has 0 bridgehead atoms. The fourth-order valence-corrected chi connectivity index (χ4v) is 1.17. The molecule has 0 amide bonds. The van der Waals surface area contributed by atoms with Crippen LogP contribution in [0.3, 0.4) is 0 Å². The normalized spacial score (nSPS) is 16.0. The van der Waals surface area contributed by atoms with Crippen LogP contribution in [0.2, 0.25) is 0 Å². The molecule has 0 aliphatic rings. The van der Waals surface area contributed by atoms with E-state index >= 15 is 0 Å². The zero-order chi connectivity index (χ0) is 9.72. The summed E-state index contributed by atoms with van der Waals surface area (Å²) in [7, 11) is 0.113. The topological polar surface area (TPSA) is 43.4 Å². The van der Waals surface area contributed by atoms with Gasteiger partial charge in [0.2, 0.25) is 5.24 Å². The third kappa shape index (κ3) is 3.51. The van der Waals surface area contributed by atoms with E-state index in [2.05, 4.69) is 0 Å². The minimum Gasteiger partial charge on any atom is -0.448 e. The lowest BCUT2D eigenvalue weighted by Crippen LogP contribution is -2.23. The van der Waals surface area contributed by atoms with Crippen LogP contribution in [0, 0.1) is 11.8 Å². The lowest BCUT2D eigenvalue weighted by molar-refractivity contribution is -0.140. The van der Waals surface area contributed by atoms with Gasteiger partial charge >= 0.3 is 5.97 Å². The number of halogens is 1. The Morgan fingerprint density at radius 1 is 1.33 bits per heavy atom. The van der Waals surface area contributed by atoms with Gasteiger partial charge in [-0.15, -0.1) is 0 Å². The van der Waals surface area contributed by atoms with Gasteiger partial charge < -0.3 is 4.52 Å². The third-order valence-electron chi connectivity index (χ3n) is 1.68. The summed E-state index contributed by atoms with van der Waals surface area (Å²) < 4.78 is 4.75. The molecule has 0 heterocycles. The standard InChI is InChI=1S/C7H12ClO3P/c1-4(6(8)9)5(2)7(10)11-12-3/h4-5,12H,1-3H3. The first-order valence-electron chi connectivity index (χ1n) is 3.57. The molecule has 0 saturated carbocycles. The van der Waals surface area contributed by atoms with Crippen molar-refractivity contribution in [2.75, 3.05) is 6.66 Å².